The van der Waals surface area contributed by atoms with Gasteiger partial charge in [0.25, 0.3) is 11.7 Å². The summed E-state index contributed by atoms with van der Waals surface area (Å²) >= 11 is 0. The number of aliphatic hydroxyl groups excluding tert-OH is 2. The number of rotatable bonds is 4. The molecule has 0 unspecified atom stereocenters. The highest BCUT2D eigenvalue weighted by molar-refractivity contribution is 6.32. The number of phenols is 1. The maximum absolute atomic E-state index is 14.8. The first-order chi connectivity index (χ1) is 31.9. The third kappa shape index (κ3) is 9.80. The standard InChI is InChI=1S/C50H68N4O13/c1-27-13-12-14-28(2)48(61)51-38-39(53-22-25-64-26-23-53)44(59)35-36(43(38)58)42(57)32(6)46-37(35)47(60)50(7,67-46)65-24-17-34(63-8)29(3)45(31(5)41(56)30(4)40(27)55)66-49(62)54-20-15-33(16-21-54)52-18-10-9-11-19-52/h12-14,17,24,27,29-31,33-34,40-41,45,55-57H,9-11,15-16,18-23,25-26H2,1-8H3,(H,51,61)/t27-,29+,30+,31+,34-,40-,41+,45+,50-/m0/s1. The number of ether oxygens (including phenoxy) is 5. The summed E-state index contributed by atoms with van der Waals surface area (Å²) in [6.45, 7) is 15.4. The lowest BCUT2D eigenvalue weighted by Gasteiger charge is -2.41. The highest BCUT2D eigenvalue weighted by Crippen LogP contribution is 2.49. The van der Waals surface area contributed by atoms with Crippen molar-refractivity contribution in [3.63, 3.8) is 0 Å². The zero-order valence-corrected chi connectivity index (χ0v) is 40.0. The number of benzene rings is 1. The molecule has 9 atom stereocenters. The fourth-order valence-electron chi connectivity index (χ4n) is 10.5. The number of hydrogen-bond acceptors (Lipinski definition) is 15. The summed E-state index contributed by atoms with van der Waals surface area (Å²) in [5.74, 6) is -8.58. The number of morpholine rings is 1. The van der Waals surface area contributed by atoms with Crippen LogP contribution in [0, 0.1) is 30.6 Å². The van der Waals surface area contributed by atoms with Gasteiger partial charge in [0.15, 0.2) is 0 Å². The molecule has 3 saturated heterocycles. The first-order valence-corrected chi connectivity index (χ1v) is 23.8. The number of fused-ring (bicyclic) bond motifs is 14. The van der Waals surface area contributed by atoms with E-state index in [2.05, 4.69) is 10.2 Å². The minimum Gasteiger partial charge on any atom is -0.507 e. The molecular formula is C50H68N4O13. The van der Waals surface area contributed by atoms with Crippen LogP contribution in [-0.4, -0.2) is 155 Å². The quantitative estimate of drug-likeness (QED) is 0.319. The number of amides is 2. The van der Waals surface area contributed by atoms with Gasteiger partial charge in [-0.2, -0.15) is 0 Å². The average molecular weight is 933 g/mol. The number of nitrogens with zero attached hydrogens (tertiary/aromatic N) is 3. The number of methoxy groups -OCH3 is 1. The number of ketones is 3. The van der Waals surface area contributed by atoms with Crippen molar-refractivity contribution in [1.82, 2.24) is 20.0 Å². The van der Waals surface area contributed by atoms with Crippen LogP contribution >= 0.6 is 0 Å². The molecule has 7 aliphatic rings. The van der Waals surface area contributed by atoms with E-state index >= 15 is 0 Å². The molecule has 0 saturated carbocycles. The van der Waals surface area contributed by atoms with E-state index in [9.17, 15) is 39.3 Å². The van der Waals surface area contributed by atoms with Gasteiger partial charge < -0.3 is 59.0 Å². The fourth-order valence-corrected chi connectivity index (χ4v) is 10.5. The van der Waals surface area contributed by atoms with Gasteiger partial charge in [-0.3, -0.25) is 19.2 Å². The number of phenolic OH excluding ortho intramolecular Hbond substituents is 1. The van der Waals surface area contributed by atoms with E-state index in [1.165, 1.54) is 65.6 Å². The normalized spacial score (nSPS) is 31.9. The minimum atomic E-state index is -2.09. The molecule has 0 aromatic heterocycles. The van der Waals surface area contributed by atoms with Crippen molar-refractivity contribution in [2.24, 2.45) is 23.7 Å². The molecule has 1 aromatic carbocycles. The third-order valence-corrected chi connectivity index (χ3v) is 14.8. The molecule has 8 rings (SSSR count). The molecule has 2 amide bonds. The summed E-state index contributed by atoms with van der Waals surface area (Å²) in [5.41, 5.74) is -1.43. The van der Waals surface area contributed by atoms with E-state index in [0.29, 0.717) is 19.1 Å². The largest absolute Gasteiger partial charge is 0.507 e. The number of hydrogen-bond donors (Lipinski definition) is 4. The van der Waals surface area contributed by atoms with E-state index in [4.69, 9.17) is 23.7 Å². The Morgan fingerprint density at radius 1 is 0.836 bits per heavy atom. The topological polar surface area (TPSA) is 214 Å². The summed E-state index contributed by atoms with van der Waals surface area (Å²) in [7, 11) is 1.47. The van der Waals surface area contributed by atoms with Gasteiger partial charge >= 0.3 is 11.9 Å². The van der Waals surface area contributed by atoms with Gasteiger partial charge in [-0.1, -0.05) is 52.3 Å². The van der Waals surface area contributed by atoms with Crippen molar-refractivity contribution >= 4 is 29.4 Å². The summed E-state index contributed by atoms with van der Waals surface area (Å²) in [4.78, 5) is 77.7. The smallest absolute Gasteiger partial charge is 0.410 e. The Morgan fingerprint density at radius 2 is 1.51 bits per heavy atom. The Morgan fingerprint density at radius 3 is 2.16 bits per heavy atom. The van der Waals surface area contributed by atoms with Crippen LogP contribution in [0.5, 0.6) is 11.5 Å². The Kier molecular flexibility index (Phi) is 15.4. The van der Waals surface area contributed by atoms with E-state index in [0.717, 1.165) is 25.9 Å². The van der Waals surface area contributed by atoms with Crippen LogP contribution in [0.2, 0.25) is 0 Å². The molecule has 1 aliphatic carbocycles. The van der Waals surface area contributed by atoms with Crippen LogP contribution in [0.15, 0.2) is 47.5 Å². The lowest BCUT2D eigenvalue weighted by molar-refractivity contribution is -0.116. The van der Waals surface area contributed by atoms with Crippen LogP contribution < -0.4 is 10.1 Å². The number of aliphatic hydroxyl groups is 2. The lowest BCUT2D eigenvalue weighted by Crippen LogP contribution is -2.51. The molecule has 4 N–H and O–H groups in total. The van der Waals surface area contributed by atoms with Crippen molar-refractivity contribution in [3.8, 4) is 11.5 Å². The van der Waals surface area contributed by atoms with Crippen molar-refractivity contribution in [1.29, 1.82) is 0 Å². The SMILES string of the molecule is CO[C@H]1C=CO[C@@]2(C)Oc3c(C)c(O)c4c(c3C2=O)C(=O)C(N2CCOCC2)=C(NC(=O)C(C)=CC=C[C@H](C)[C@H](O)[C@@H](C)[C@@H](O)[C@@H](C)[C@H](OC(=O)N2CCC(N3CCCCC3)CC2)[C@@H]1C)C4=O. The number of piperidine rings is 2. The molecule has 6 aliphatic heterocycles. The lowest BCUT2D eigenvalue weighted by atomic mass is 9.78. The molecule has 0 spiro atoms. The van der Waals surface area contributed by atoms with Crippen molar-refractivity contribution in [3.05, 3.63) is 69.8 Å². The van der Waals surface area contributed by atoms with Gasteiger partial charge in [0, 0.05) is 81.1 Å². The van der Waals surface area contributed by atoms with E-state index in [1.807, 2.05) is 6.92 Å². The number of carbonyl (C=O) groups is 5. The Hall–Kier alpha value is -5.07. The van der Waals surface area contributed by atoms with E-state index in [1.54, 1.807) is 42.7 Å². The van der Waals surface area contributed by atoms with Gasteiger partial charge in [-0.25, -0.2) is 4.79 Å². The Labute approximate surface area is 392 Å². The van der Waals surface area contributed by atoms with Crippen molar-refractivity contribution in [2.45, 2.75) is 117 Å². The summed E-state index contributed by atoms with van der Waals surface area (Å²) < 4.78 is 30.1. The number of likely N-dealkylation sites (tertiary alicyclic amines) is 2. The molecule has 3 fully saturated rings. The molecule has 5 bridgehead atoms. The number of aromatic hydroxyl groups is 1. The molecule has 0 radical (unpaired) electrons. The molecule has 1 aromatic rings. The molecule has 366 valence electrons. The van der Waals surface area contributed by atoms with Crippen LogP contribution in [0.1, 0.15) is 110 Å². The van der Waals surface area contributed by atoms with E-state index in [-0.39, 0.29) is 65.7 Å². The summed E-state index contributed by atoms with van der Waals surface area (Å²) in [5, 5.41) is 37.8. The van der Waals surface area contributed by atoms with Gasteiger partial charge in [-0.15, -0.1) is 0 Å². The Balaban J connectivity index is 1.25. The zero-order chi connectivity index (χ0) is 48.5. The number of Topliss-reactive ketones (excluding diaryl/α,β-unsaturated/α-hetero) is 3. The number of carbonyl (C=O) groups excluding carboxylic acids is 5. The van der Waals surface area contributed by atoms with E-state index < -0.39 is 94.5 Å². The minimum absolute atomic E-state index is 0.00800. The number of allylic oxidation sites excluding steroid dienone is 4. The van der Waals surface area contributed by atoms with Gasteiger partial charge in [-0.05, 0) is 58.7 Å². The maximum atomic E-state index is 14.8. The molecule has 17 heteroatoms. The van der Waals surface area contributed by atoms with Crippen LogP contribution in [0.25, 0.3) is 0 Å². The molecule has 67 heavy (non-hydrogen) atoms. The van der Waals surface area contributed by atoms with Crippen molar-refractivity contribution < 1.29 is 63.0 Å². The summed E-state index contributed by atoms with van der Waals surface area (Å²) in [6.07, 6.45) is 8.23. The van der Waals surface area contributed by atoms with Gasteiger partial charge in [0.05, 0.1) is 54.5 Å². The van der Waals surface area contributed by atoms with Crippen LogP contribution in [-0.2, 0) is 23.7 Å². The highest BCUT2D eigenvalue weighted by Gasteiger charge is 2.53. The van der Waals surface area contributed by atoms with Gasteiger partial charge in [0.2, 0.25) is 11.6 Å². The molecular weight excluding hydrogens is 865 g/mol. The number of nitrogens with one attached hydrogen (secondary N) is 1. The Bertz CT molecular complexity index is 2220. The zero-order valence-electron chi connectivity index (χ0n) is 40.0. The highest BCUT2D eigenvalue weighted by atomic mass is 16.7. The first-order valence-electron chi connectivity index (χ1n) is 23.8. The second-order valence-corrected chi connectivity index (χ2v) is 19.2. The van der Waals surface area contributed by atoms with Crippen LogP contribution in [0.3, 0.4) is 0 Å². The maximum Gasteiger partial charge on any atom is 0.410 e. The molecule has 17 nitrogen and oxygen atoms in total. The monoisotopic (exact) mass is 932 g/mol. The molecule has 6 heterocycles. The summed E-state index contributed by atoms with van der Waals surface area (Å²) in [6, 6.07) is 0.403. The second-order valence-electron chi connectivity index (χ2n) is 19.2. The predicted octanol–water partition coefficient (Wildman–Crippen LogP) is 4.81. The fraction of sp³-hybridized carbons (Fsp3) is 0.620. The second kappa shape index (κ2) is 20.7. The predicted molar refractivity (Wildman–Crippen MR) is 245 cm³/mol. The van der Waals surface area contributed by atoms with Gasteiger partial charge in [0.1, 0.15) is 29.0 Å². The third-order valence-electron chi connectivity index (χ3n) is 14.8. The van der Waals surface area contributed by atoms with Crippen LogP contribution in [0.4, 0.5) is 4.79 Å². The average Bonchev–Trinajstić information content (AvgIpc) is 3.60. The van der Waals surface area contributed by atoms with Crippen molar-refractivity contribution in [2.75, 3.05) is 59.6 Å². The first kappa shape index (κ1) is 49.8.